The van der Waals surface area contributed by atoms with Gasteiger partial charge in [-0.05, 0) is 61.9 Å². The van der Waals surface area contributed by atoms with Crippen LogP contribution in [0.5, 0.6) is 0 Å². The van der Waals surface area contributed by atoms with Gasteiger partial charge in [0.1, 0.15) is 5.82 Å². The minimum atomic E-state index is 0.115. The van der Waals surface area contributed by atoms with Crippen molar-refractivity contribution < 1.29 is 4.79 Å². The minimum absolute atomic E-state index is 0.115. The van der Waals surface area contributed by atoms with Crippen LogP contribution in [-0.2, 0) is 17.8 Å². The Morgan fingerprint density at radius 2 is 2.00 bits per heavy atom. The molecule has 1 N–H and O–H groups in total. The molecule has 0 radical (unpaired) electrons. The number of carbonyl (C=O) groups excluding carboxylic acids is 1. The van der Waals surface area contributed by atoms with Gasteiger partial charge in [0, 0.05) is 32.3 Å². The van der Waals surface area contributed by atoms with Crippen molar-refractivity contribution in [1.82, 2.24) is 15.3 Å². The highest BCUT2D eigenvalue weighted by Crippen LogP contribution is 2.23. The Morgan fingerprint density at radius 1 is 1.14 bits per heavy atom. The molecule has 0 spiro atoms. The number of amides is 1. The highest BCUT2D eigenvalue weighted by molar-refractivity contribution is 7.18. The molecule has 0 aliphatic carbocycles. The van der Waals surface area contributed by atoms with Crippen LogP contribution in [-0.4, -0.2) is 29.0 Å². The lowest BCUT2D eigenvalue weighted by Gasteiger charge is -2.17. The van der Waals surface area contributed by atoms with Gasteiger partial charge in [0.25, 0.3) is 0 Å². The molecule has 0 bridgehead atoms. The standard InChI is InChI=1S/C22H26N4OS/c27-21(9-3-4-10-22-25-18-7-1-2-8-19(18)28-22)24-16-17-11-12-23-20(15-17)26-13-5-6-14-26/h1-2,7-8,11-12,15H,3-6,9-10,13-14,16H2,(H,24,27). The van der Waals surface area contributed by atoms with E-state index in [0.717, 1.165) is 54.3 Å². The number of rotatable bonds is 8. The molecule has 1 aliphatic heterocycles. The molecular weight excluding hydrogens is 368 g/mol. The summed E-state index contributed by atoms with van der Waals surface area (Å²) in [7, 11) is 0. The quantitative estimate of drug-likeness (QED) is 0.578. The van der Waals surface area contributed by atoms with Crippen LogP contribution in [0.15, 0.2) is 42.6 Å². The average molecular weight is 395 g/mol. The number of hydrogen-bond acceptors (Lipinski definition) is 5. The first kappa shape index (κ1) is 18.9. The summed E-state index contributed by atoms with van der Waals surface area (Å²) in [6.07, 6.45) is 7.69. The topological polar surface area (TPSA) is 58.1 Å². The van der Waals surface area contributed by atoms with Crippen molar-refractivity contribution in [2.45, 2.75) is 45.1 Å². The number of fused-ring (bicyclic) bond motifs is 1. The van der Waals surface area contributed by atoms with Gasteiger partial charge in [0.2, 0.25) is 5.91 Å². The molecule has 0 saturated carbocycles. The Kier molecular flexibility index (Phi) is 6.17. The molecule has 0 atom stereocenters. The first-order valence-electron chi connectivity index (χ1n) is 10.1. The van der Waals surface area contributed by atoms with Crippen molar-refractivity contribution in [2.75, 3.05) is 18.0 Å². The second kappa shape index (κ2) is 9.15. The van der Waals surface area contributed by atoms with Crippen LogP contribution in [0, 0.1) is 0 Å². The van der Waals surface area contributed by atoms with E-state index in [0.29, 0.717) is 13.0 Å². The van der Waals surface area contributed by atoms with Gasteiger partial charge in [-0.25, -0.2) is 9.97 Å². The van der Waals surface area contributed by atoms with Crippen LogP contribution >= 0.6 is 11.3 Å². The fourth-order valence-electron chi connectivity index (χ4n) is 3.57. The second-order valence-corrected chi connectivity index (χ2v) is 8.39. The zero-order valence-corrected chi connectivity index (χ0v) is 16.9. The van der Waals surface area contributed by atoms with Gasteiger partial charge in [0.05, 0.1) is 15.2 Å². The molecule has 146 valence electrons. The van der Waals surface area contributed by atoms with E-state index in [-0.39, 0.29) is 5.91 Å². The molecule has 3 heterocycles. The van der Waals surface area contributed by atoms with Gasteiger partial charge in [-0.15, -0.1) is 11.3 Å². The highest BCUT2D eigenvalue weighted by Gasteiger charge is 2.13. The van der Waals surface area contributed by atoms with Crippen molar-refractivity contribution in [3.63, 3.8) is 0 Å². The van der Waals surface area contributed by atoms with Crippen LogP contribution in [0.4, 0.5) is 5.82 Å². The number of hydrogen-bond donors (Lipinski definition) is 1. The minimum Gasteiger partial charge on any atom is -0.357 e. The molecule has 28 heavy (non-hydrogen) atoms. The third kappa shape index (κ3) is 4.87. The lowest BCUT2D eigenvalue weighted by atomic mass is 10.2. The summed E-state index contributed by atoms with van der Waals surface area (Å²) in [6.45, 7) is 2.73. The number of thiazole rings is 1. The van der Waals surface area contributed by atoms with Crippen LogP contribution in [0.2, 0.25) is 0 Å². The predicted molar refractivity (Wildman–Crippen MR) is 115 cm³/mol. The molecule has 3 aromatic rings. The van der Waals surface area contributed by atoms with E-state index in [2.05, 4.69) is 38.4 Å². The Hall–Kier alpha value is -2.47. The molecule has 0 unspecified atom stereocenters. The summed E-state index contributed by atoms with van der Waals surface area (Å²) in [5, 5.41) is 4.20. The van der Waals surface area contributed by atoms with E-state index in [1.165, 1.54) is 17.5 Å². The average Bonchev–Trinajstić information content (AvgIpc) is 3.39. The van der Waals surface area contributed by atoms with E-state index in [4.69, 9.17) is 0 Å². The third-order valence-corrected chi connectivity index (χ3v) is 6.21. The van der Waals surface area contributed by atoms with E-state index in [1.54, 1.807) is 11.3 Å². The fourth-order valence-corrected chi connectivity index (χ4v) is 4.58. The normalized spacial score (nSPS) is 13.9. The number of nitrogens with zero attached hydrogens (tertiary/aromatic N) is 3. The number of pyridine rings is 1. The number of nitrogens with one attached hydrogen (secondary N) is 1. The Bertz CT molecular complexity index is 900. The first-order valence-corrected chi connectivity index (χ1v) is 10.9. The maximum atomic E-state index is 12.2. The number of benzene rings is 1. The monoisotopic (exact) mass is 394 g/mol. The summed E-state index contributed by atoms with van der Waals surface area (Å²) in [6, 6.07) is 12.3. The van der Waals surface area contributed by atoms with Crippen molar-refractivity contribution in [1.29, 1.82) is 0 Å². The molecule has 4 rings (SSSR count). The van der Waals surface area contributed by atoms with E-state index >= 15 is 0 Å². The Morgan fingerprint density at radius 3 is 2.86 bits per heavy atom. The zero-order chi connectivity index (χ0) is 19.2. The molecule has 6 heteroatoms. The predicted octanol–water partition coefficient (Wildman–Crippen LogP) is 4.32. The summed E-state index contributed by atoms with van der Waals surface area (Å²) in [4.78, 5) is 23.6. The molecule has 1 amide bonds. The van der Waals surface area contributed by atoms with Crippen LogP contribution < -0.4 is 10.2 Å². The smallest absolute Gasteiger partial charge is 0.220 e. The lowest BCUT2D eigenvalue weighted by Crippen LogP contribution is -2.23. The van der Waals surface area contributed by atoms with Gasteiger partial charge in [0.15, 0.2) is 0 Å². The molecular formula is C22H26N4OS. The van der Waals surface area contributed by atoms with Gasteiger partial charge in [-0.1, -0.05) is 12.1 Å². The van der Waals surface area contributed by atoms with Gasteiger partial charge in [-0.2, -0.15) is 0 Å². The molecule has 5 nitrogen and oxygen atoms in total. The van der Waals surface area contributed by atoms with Crippen molar-refractivity contribution >= 4 is 33.3 Å². The van der Waals surface area contributed by atoms with Crippen molar-refractivity contribution in [3.8, 4) is 0 Å². The summed E-state index contributed by atoms with van der Waals surface area (Å²) in [5.74, 6) is 1.14. The van der Waals surface area contributed by atoms with E-state index in [9.17, 15) is 4.79 Å². The maximum Gasteiger partial charge on any atom is 0.220 e. The number of aromatic nitrogens is 2. The largest absolute Gasteiger partial charge is 0.357 e. The Labute approximate surface area is 169 Å². The summed E-state index contributed by atoms with van der Waals surface area (Å²) >= 11 is 1.75. The molecule has 2 aromatic heterocycles. The van der Waals surface area contributed by atoms with E-state index < -0.39 is 0 Å². The van der Waals surface area contributed by atoms with Gasteiger partial charge in [-0.3, -0.25) is 4.79 Å². The van der Waals surface area contributed by atoms with Crippen molar-refractivity contribution in [3.05, 3.63) is 53.2 Å². The van der Waals surface area contributed by atoms with Gasteiger partial charge >= 0.3 is 0 Å². The Balaban J connectivity index is 1.18. The van der Waals surface area contributed by atoms with Crippen LogP contribution in [0.25, 0.3) is 10.2 Å². The fraction of sp³-hybridized carbons (Fsp3) is 0.409. The number of anilines is 1. The molecule has 1 saturated heterocycles. The molecule has 1 fully saturated rings. The number of carbonyl (C=O) groups is 1. The zero-order valence-electron chi connectivity index (χ0n) is 16.1. The number of para-hydroxylation sites is 1. The van der Waals surface area contributed by atoms with Crippen molar-refractivity contribution in [2.24, 2.45) is 0 Å². The summed E-state index contributed by atoms with van der Waals surface area (Å²) < 4.78 is 1.24. The van der Waals surface area contributed by atoms with E-state index in [1.807, 2.05) is 24.4 Å². The van der Waals surface area contributed by atoms with Gasteiger partial charge < -0.3 is 10.2 Å². The second-order valence-electron chi connectivity index (χ2n) is 7.28. The SMILES string of the molecule is O=C(CCCCc1nc2ccccc2s1)NCc1ccnc(N2CCCC2)c1. The first-order chi connectivity index (χ1) is 13.8. The highest BCUT2D eigenvalue weighted by atomic mass is 32.1. The number of aryl methyl sites for hydroxylation is 1. The third-order valence-electron chi connectivity index (χ3n) is 5.11. The molecule has 1 aromatic carbocycles. The maximum absolute atomic E-state index is 12.2. The molecule has 1 aliphatic rings. The summed E-state index contributed by atoms with van der Waals surface area (Å²) in [5.41, 5.74) is 2.19. The van der Waals surface area contributed by atoms with Crippen LogP contribution in [0.1, 0.15) is 42.7 Å². The number of unbranched alkanes of at least 4 members (excludes halogenated alkanes) is 1. The lowest BCUT2D eigenvalue weighted by molar-refractivity contribution is -0.121. The van der Waals surface area contributed by atoms with Crippen LogP contribution in [0.3, 0.4) is 0 Å².